The smallest absolute Gasteiger partial charge is 0.289 e. The molecule has 0 saturated carbocycles. The number of aromatic nitrogens is 2. The number of nitrogens with zero attached hydrogens (tertiary/aromatic N) is 5. The normalized spacial score (nSPS) is 14.9. The number of benzene rings is 1. The lowest BCUT2D eigenvalue weighted by Crippen LogP contribution is -2.53. The lowest BCUT2D eigenvalue weighted by atomic mass is 10.2. The van der Waals surface area contributed by atoms with Crippen LogP contribution in [0.2, 0.25) is 0 Å². The van der Waals surface area contributed by atoms with Crippen LogP contribution in [0, 0.1) is 0 Å². The van der Waals surface area contributed by atoms with Crippen LogP contribution in [-0.4, -0.2) is 64.7 Å². The van der Waals surface area contributed by atoms with Gasteiger partial charge in [0.2, 0.25) is 0 Å². The van der Waals surface area contributed by atoms with Crippen molar-refractivity contribution < 1.29 is 9.21 Å². The second-order valence-corrected chi connectivity index (χ2v) is 6.78. The number of rotatable bonds is 4. The van der Waals surface area contributed by atoms with Crippen molar-refractivity contribution in [2.45, 2.75) is 6.54 Å². The fourth-order valence-corrected chi connectivity index (χ4v) is 3.42. The maximum absolute atomic E-state index is 12.4. The van der Waals surface area contributed by atoms with E-state index >= 15 is 0 Å². The molecule has 29 heavy (non-hydrogen) atoms. The van der Waals surface area contributed by atoms with Crippen molar-refractivity contribution in [3.8, 4) is 5.69 Å². The molecule has 0 radical (unpaired) electrons. The first-order chi connectivity index (χ1) is 14.2. The van der Waals surface area contributed by atoms with E-state index in [1.807, 2.05) is 34.0 Å². The van der Waals surface area contributed by atoms with Crippen molar-refractivity contribution in [2.24, 2.45) is 4.99 Å². The molecule has 0 atom stereocenters. The molecule has 3 heterocycles. The number of hydrogen-bond donors (Lipinski definition) is 1. The number of carbonyl (C=O) groups is 1. The SMILES string of the molecule is CN=C(NCc1cccc(-n2cccn2)c1)N1CCN(C(=O)c2ccco2)CC1. The molecule has 150 valence electrons. The number of hydrogen-bond acceptors (Lipinski definition) is 4. The van der Waals surface area contributed by atoms with Crippen LogP contribution >= 0.6 is 0 Å². The Morgan fingerprint density at radius 1 is 1.14 bits per heavy atom. The van der Waals surface area contributed by atoms with Gasteiger partial charge in [0.15, 0.2) is 11.7 Å². The Balaban J connectivity index is 1.32. The molecule has 0 spiro atoms. The molecule has 1 amide bonds. The summed E-state index contributed by atoms with van der Waals surface area (Å²) in [6, 6.07) is 13.6. The van der Waals surface area contributed by atoms with Gasteiger partial charge in [0.1, 0.15) is 0 Å². The lowest BCUT2D eigenvalue weighted by Gasteiger charge is -2.36. The molecule has 2 aromatic heterocycles. The Bertz CT molecular complexity index is 957. The zero-order chi connectivity index (χ0) is 20.1. The van der Waals surface area contributed by atoms with Gasteiger partial charge >= 0.3 is 0 Å². The number of nitrogens with one attached hydrogen (secondary N) is 1. The Morgan fingerprint density at radius 2 is 1.97 bits per heavy atom. The number of aliphatic imine (C=N–C) groups is 1. The van der Waals surface area contributed by atoms with E-state index in [2.05, 4.69) is 32.4 Å². The minimum atomic E-state index is -0.0620. The highest BCUT2D eigenvalue weighted by Gasteiger charge is 2.25. The second kappa shape index (κ2) is 8.64. The van der Waals surface area contributed by atoms with E-state index in [4.69, 9.17) is 4.42 Å². The molecule has 0 unspecified atom stereocenters. The van der Waals surface area contributed by atoms with Gasteiger partial charge in [0.25, 0.3) is 5.91 Å². The summed E-state index contributed by atoms with van der Waals surface area (Å²) in [7, 11) is 1.78. The summed E-state index contributed by atoms with van der Waals surface area (Å²) in [6.07, 6.45) is 5.22. The van der Waals surface area contributed by atoms with Crippen LogP contribution in [0.15, 0.2) is 70.5 Å². The molecule has 8 nitrogen and oxygen atoms in total. The summed E-state index contributed by atoms with van der Waals surface area (Å²) in [5.74, 6) is 1.16. The van der Waals surface area contributed by atoms with Crippen LogP contribution in [0.1, 0.15) is 16.1 Å². The molecule has 0 aliphatic carbocycles. The summed E-state index contributed by atoms with van der Waals surface area (Å²) >= 11 is 0. The molecule has 1 aromatic carbocycles. The van der Waals surface area contributed by atoms with Crippen LogP contribution in [0.4, 0.5) is 0 Å². The third-order valence-electron chi connectivity index (χ3n) is 4.94. The van der Waals surface area contributed by atoms with Crippen LogP contribution in [0.5, 0.6) is 0 Å². The minimum Gasteiger partial charge on any atom is -0.459 e. The zero-order valence-electron chi connectivity index (χ0n) is 16.4. The first kappa shape index (κ1) is 18.8. The molecular formula is C21H24N6O2. The molecule has 0 bridgehead atoms. The Hall–Kier alpha value is -3.55. The summed E-state index contributed by atoms with van der Waals surface area (Å²) in [4.78, 5) is 20.8. The summed E-state index contributed by atoms with van der Waals surface area (Å²) in [5.41, 5.74) is 2.17. The monoisotopic (exact) mass is 392 g/mol. The number of furan rings is 1. The van der Waals surface area contributed by atoms with Gasteiger partial charge < -0.3 is 19.5 Å². The largest absolute Gasteiger partial charge is 0.459 e. The summed E-state index contributed by atoms with van der Waals surface area (Å²) < 4.78 is 7.06. The maximum Gasteiger partial charge on any atom is 0.289 e. The zero-order valence-corrected chi connectivity index (χ0v) is 16.4. The molecule has 4 rings (SSSR count). The Morgan fingerprint density at radius 3 is 2.66 bits per heavy atom. The molecule has 1 aliphatic rings. The van der Waals surface area contributed by atoms with E-state index in [0.29, 0.717) is 25.4 Å². The van der Waals surface area contributed by atoms with E-state index in [-0.39, 0.29) is 5.91 Å². The van der Waals surface area contributed by atoms with E-state index in [0.717, 1.165) is 30.3 Å². The molecular weight excluding hydrogens is 368 g/mol. The number of piperazine rings is 1. The van der Waals surface area contributed by atoms with E-state index < -0.39 is 0 Å². The number of carbonyl (C=O) groups excluding carboxylic acids is 1. The average molecular weight is 392 g/mol. The van der Waals surface area contributed by atoms with Gasteiger partial charge in [-0.2, -0.15) is 5.10 Å². The van der Waals surface area contributed by atoms with Crippen molar-refractivity contribution in [1.82, 2.24) is 24.9 Å². The highest BCUT2D eigenvalue weighted by Crippen LogP contribution is 2.11. The standard InChI is InChI=1S/C21H24N6O2/c1-22-21(23-16-17-5-2-6-18(15-17)27-9-4-8-24-27)26-12-10-25(11-13-26)20(28)19-7-3-14-29-19/h2-9,14-15H,10-13,16H2,1H3,(H,22,23). The quantitative estimate of drug-likeness (QED) is 0.543. The first-order valence-corrected chi connectivity index (χ1v) is 9.62. The fraction of sp³-hybridized carbons (Fsp3) is 0.286. The molecule has 1 N–H and O–H groups in total. The van der Waals surface area contributed by atoms with Gasteiger partial charge in [0.05, 0.1) is 12.0 Å². The molecule has 1 saturated heterocycles. The van der Waals surface area contributed by atoms with Gasteiger partial charge in [-0.25, -0.2) is 4.68 Å². The molecule has 1 aliphatic heterocycles. The summed E-state index contributed by atoms with van der Waals surface area (Å²) in [5, 5.41) is 7.70. The molecule has 3 aromatic rings. The predicted octanol–water partition coefficient (Wildman–Crippen LogP) is 2.00. The second-order valence-electron chi connectivity index (χ2n) is 6.78. The van der Waals surface area contributed by atoms with Crippen molar-refractivity contribution in [1.29, 1.82) is 0 Å². The van der Waals surface area contributed by atoms with Gasteiger partial charge in [-0.3, -0.25) is 9.79 Å². The lowest BCUT2D eigenvalue weighted by molar-refractivity contribution is 0.0657. The van der Waals surface area contributed by atoms with Crippen molar-refractivity contribution in [2.75, 3.05) is 33.2 Å². The van der Waals surface area contributed by atoms with Gasteiger partial charge in [-0.1, -0.05) is 12.1 Å². The highest BCUT2D eigenvalue weighted by atomic mass is 16.3. The van der Waals surface area contributed by atoms with E-state index in [1.165, 1.54) is 6.26 Å². The topological polar surface area (TPSA) is 78.9 Å². The number of amides is 1. The van der Waals surface area contributed by atoms with Crippen LogP contribution in [-0.2, 0) is 6.54 Å². The first-order valence-electron chi connectivity index (χ1n) is 9.62. The van der Waals surface area contributed by atoms with Crippen LogP contribution in [0.3, 0.4) is 0 Å². The fourth-order valence-electron chi connectivity index (χ4n) is 3.42. The van der Waals surface area contributed by atoms with Crippen molar-refractivity contribution in [3.05, 3.63) is 72.4 Å². The molecule has 1 fully saturated rings. The average Bonchev–Trinajstić information content (AvgIpc) is 3.49. The van der Waals surface area contributed by atoms with Crippen LogP contribution in [0.25, 0.3) is 5.69 Å². The maximum atomic E-state index is 12.4. The van der Waals surface area contributed by atoms with Gasteiger partial charge in [0, 0.05) is 52.2 Å². The third-order valence-corrected chi connectivity index (χ3v) is 4.94. The minimum absolute atomic E-state index is 0.0620. The number of guanidine groups is 1. The third kappa shape index (κ3) is 4.31. The van der Waals surface area contributed by atoms with Crippen molar-refractivity contribution >= 4 is 11.9 Å². The van der Waals surface area contributed by atoms with Crippen LogP contribution < -0.4 is 5.32 Å². The summed E-state index contributed by atoms with van der Waals surface area (Å²) in [6.45, 7) is 3.37. The Labute approximate surface area is 169 Å². The van der Waals surface area contributed by atoms with Gasteiger partial charge in [-0.05, 0) is 35.9 Å². The molecule has 8 heteroatoms. The van der Waals surface area contributed by atoms with E-state index in [1.54, 1.807) is 25.4 Å². The van der Waals surface area contributed by atoms with Crippen molar-refractivity contribution in [3.63, 3.8) is 0 Å². The highest BCUT2D eigenvalue weighted by molar-refractivity contribution is 5.91. The van der Waals surface area contributed by atoms with Gasteiger partial charge in [-0.15, -0.1) is 0 Å². The van der Waals surface area contributed by atoms with E-state index in [9.17, 15) is 4.79 Å². The Kier molecular flexibility index (Phi) is 5.60. The predicted molar refractivity (Wildman–Crippen MR) is 110 cm³/mol.